The van der Waals surface area contributed by atoms with E-state index in [0.717, 1.165) is 5.56 Å². The lowest BCUT2D eigenvalue weighted by Gasteiger charge is -2.20. The van der Waals surface area contributed by atoms with Crippen molar-refractivity contribution in [3.63, 3.8) is 0 Å². The number of nitrogens with one attached hydrogen (secondary N) is 1. The van der Waals surface area contributed by atoms with Crippen molar-refractivity contribution in [2.45, 2.75) is 25.9 Å². The van der Waals surface area contributed by atoms with Gasteiger partial charge in [-0.25, -0.2) is 0 Å². The largest absolute Gasteiger partial charge is 0.503 e. The van der Waals surface area contributed by atoms with Crippen LogP contribution in [0.5, 0.6) is 11.5 Å². The van der Waals surface area contributed by atoms with E-state index in [0.29, 0.717) is 16.8 Å². The first-order valence-electron chi connectivity index (χ1n) is 5.18. The predicted octanol–water partition coefficient (Wildman–Crippen LogP) is 2.66. The van der Waals surface area contributed by atoms with Crippen LogP contribution < -0.4 is 10.1 Å². The number of benzene rings is 1. The van der Waals surface area contributed by atoms with Crippen LogP contribution in [0.15, 0.2) is 16.6 Å². The highest BCUT2D eigenvalue weighted by Gasteiger charge is 2.14. The Morgan fingerprint density at radius 3 is 2.71 bits per heavy atom. The quantitative estimate of drug-likeness (QED) is 0.840. The Hall–Kier alpha value is -1.18. The Labute approximate surface area is 110 Å². The molecule has 0 atom stereocenters. The minimum absolute atomic E-state index is 0.104. The van der Waals surface area contributed by atoms with Gasteiger partial charge in [0.1, 0.15) is 0 Å². The molecule has 0 spiro atoms. The molecule has 2 N–H and O–H groups in total. The monoisotopic (exact) mass is 297 g/mol. The van der Waals surface area contributed by atoms with E-state index < -0.39 is 0 Å². The fourth-order valence-electron chi connectivity index (χ4n) is 1.26. The zero-order chi connectivity index (χ0) is 13.1. The lowest BCUT2D eigenvalue weighted by atomic mass is 10.1. The van der Waals surface area contributed by atoms with Crippen molar-refractivity contribution in [2.24, 2.45) is 0 Å². The van der Waals surface area contributed by atoms with E-state index in [9.17, 15) is 5.11 Å². The number of aromatic hydroxyl groups is 1. The summed E-state index contributed by atoms with van der Waals surface area (Å²) in [5, 5.41) is 12.9. The van der Waals surface area contributed by atoms with Gasteiger partial charge in [0.2, 0.25) is 0 Å². The van der Waals surface area contributed by atoms with Gasteiger partial charge in [0.25, 0.3) is 0 Å². The number of phenols is 1. The molecule has 3 nitrogen and oxygen atoms in total. The molecule has 0 radical (unpaired) electrons. The van der Waals surface area contributed by atoms with Gasteiger partial charge in [-0.3, -0.25) is 5.32 Å². The highest BCUT2D eigenvalue weighted by molar-refractivity contribution is 9.10. The third-order valence-corrected chi connectivity index (χ3v) is 3.01. The first kappa shape index (κ1) is 13.9. The summed E-state index contributed by atoms with van der Waals surface area (Å²) in [4.78, 5) is 0. The normalized spacial score (nSPS) is 11.0. The minimum atomic E-state index is -0.363. The molecular formula is C13H16BrNO2. The maximum absolute atomic E-state index is 9.67. The van der Waals surface area contributed by atoms with Crippen molar-refractivity contribution in [1.29, 1.82) is 0 Å². The summed E-state index contributed by atoms with van der Waals surface area (Å²) < 4.78 is 5.68. The summed E-state index contributed by atoms with van der Waals surface area (Å²) in [6.45, 7) is 4.46. The van der Waals surface area contributed by atoms with Crippen LogP contribution in [0.4, 0.5) is 0 Å². The highest BCUT2D eigenvalue weighted by Crippen LogP contribution is 2.35. The second-order valence-electron chi connectivity index (χ2n) is 4.25. The summed E-state index contributed by atoms with van der Waals surface area (Å²) in [5.41, 5.74) is 0.618. The molecule has 1 aromatic rings. The van der Waals surface area contributed by atoms with E-state index in [4.69, 9.17) is 11.2 Å². The lowest BCUT2D eigenvalue weighted by molar-refractivity contribution is 0.371. The molecule has 0 aliphatic heterocycles. The van der Waals surface area contributed by atoms with Gasteiger partial charge in [-0.1, -0.05) is 5.92 Å². The first-order valence-corrected chi connectivity index (χ1v) is 5.97. The van der Waals surface area contributed by atoms with Gasteiger partial charge >= 0.3 is 0 Å². The Bertz CT molecular complexity index is 449. The molecule has 0 saturated carbocycles. The Morgan fingerprint density at radius 2 is 2.18 bits per heavy atom. The number of terminal acetylenes is 1. The Kier molecular flexibility index (Phi) is 4.44. The van der Waals surface area contributed by atoms with Gasteiger partial charge in [0.15, 0.2) is 11.5 Å². The van der Waals surface area contributed by atoms with E-state index in [1.807, 2.05) is 19.9 Å². The summed E-state index contributed by atoms with van der Waals surface area (Å²) >= 11 is 3.28. The number of hydrogen-bond donors (Lipinski definition) is 2. The van der Waals surface area contributed by atoms with E-state index in [2.05, 4.69) is 27.2 Å². The van der Waals surface area contributed by atoms with Crippen LogP contribution in [0.25, 0.3) is 0 Å². The number of phenolic OH excluding ortho intramolecular Hbond substituents is 1. The maximum atomic E-state index is 9.67. The second-order valence-corrected chi connectivity index (χ2v) is 5.11. The topological polar surface area (TPSA) is 41.5 Å². The number of ether oxygens (including phenoxy) is 1. The Morgan fingerprint density at radius 1 is 1.53 bits per heavy atom. The molecule has 1 rings (SSSR count). The average molecular weight is 298 g/mol. The molecule has 1 aromatic carbocycles. The molecule has 0 fully saturated rings. The van der Waals surface area contributed by atoms with Crippen LogP contribution in [0, 0.1) is 12.3 Å². The number of methoxy groups -OCH3 is 1. The molecule has 0 saturated heterocycles. The van der Waals surface area contributed by atoms with Crippen LogP contribution in [0.2, 0.25) is 0 Å². The molecular weight excluding hydrogens is 282 g/mol. The summed E-state index contributed by atoms with van der Waals surface area (Å²) in [6, 6.07) is 3.61. The third-order valence-electron chi connectivity index (χ3n) is 2.40. The van der Waals surface area contributed by atoms with E-state index in [1.54, 1.807) is 6.07 Å². The predicted molar refractivity (Wildman–Crippen MR) is 72.1 cm³/mol. The SMILES string of the molecule is C#CC(C)(C)NCc1cc(Br)c(O)c(OC)c1. The van der Waals surface area contributed by atoms with Gasteiger partial charge in [-0.05, 0) is 47.5 Å². The second kappa shape index (κ2) is 5.44. The first-order chi connectivity index (χ1) is 7.89. The Balaban J connectivity index is 2.87. The smallest absolute Gasteiger partial charge is 0.172 e. The van der Waals surface area contributed by atoms with Gasteiger partial charge < -0.3 is 9.84 Å². The number of rotatable bonds is 4. The molecule has 0 bridgehead atoms. The molecule has 17 heavy (non-hydrogen) atoms. The highest BCUT2D eigenvalue weighted by atomic mass is 79.9. The molecule has 0 amide bonds. The number of hydrogen-bond acceptors (Lipinski definition) is 3. The zero-order valence-corrected chi connectivity index (χ0v) is 11.8. The van der Waals surface area contributed by atoms with Crippen molar-refractivity contribution < 1.29 is 9.84 Å². The van der Waals surface area contributed by atoms with E-state index in [-0.39, 0.29) is 11.3 Å². The molecule has 0 aliphatic rings. The van der Waals surface area contributed by atoms with Crippen LogP contribution in [-0.2, 0) is 6.54 Å². The van der Waals surface area contributed by atoms with Crippen LogP contribution >= 0.6 is 15.9 Å². The average Bonchev–Trinajstić information content (AvgIpc) is 2.30. The summed E-state index contributed by atoms with van der Waals surface area (Å²) in [6.07, 6.45) is 5.39. The van der Waals surface area contributed by atoms with Crippen LogP contribution in [0.1, 0.15) is 19.4 Å². The van der Waals surface area contributed by atoms with Gasteiger partial charge in [-0.15, -0.1) is 6.42 Å². The zero-order valence-electron chi connectivity index (χ0n) is 10.2. The van der Waals surface area contributed by atoms with Gasteiger partial charge in [-0.2, -0.15) is 0 Å². The lowest BCUT2D eigenvalue weighted by Crippen LogP contribution is -2.36. The van der Waals surface area contributed by atoms with Crippen LogP contribution in [-0.4, -0.2) is 17.8 Å². The number of halogens is 1. The molecule has 0 unspecified atom stereocenters. The van der Waals surface area contributed by atoms with Crippen molar-refractivity contribution in [3.8, 4) is 23.8 Å². The molecule has 4 heteroatoms. The minimum Gasteiger partial charge on any atom is -0.503 e. The summed E-state index contributed by atoms with van der Waals surface area (Å²) in [7, 11) is 1.52. The van der Waals surface area contributed by atoms with E-state index >= 15 is 0 Å². The van der Waals surface area contributed by atoms with Crippen molar-refractivity contribution in [2.75, 3.05) is 7.11 Å². The van der Waals surface area contributed by atoms with Gasteiger partial charge in [0.05, 0.1) is 17.1 Å². The van der Waals surface area contributed by atoms with E-state index in [1.165, 1.54) is 7.11 Å². The van der Waals surface area contributed by atoms with Crippen molar-refractivity contribution in [1.82, 2.24) is 5.32 Å². The fourth-order valence-corrected chi connectivity index (χ4v) is 1.75. The maximum Gasteiger partial charge on any atom is 0.172 e. The van der Waals surface area contributed by atoms with Crippen LogP contribution in [0.3, 0.4) is 0 Å². The molecule has 0 heterocycles. The van der Waals surface area contributed by atoms with Crippen molar-refractivity contribution in [3.05, 3.63) is 22.2 Å². The third kappa shape index (κ3) is 3.65. The molecule has 0 aliphatic carbocycles. The standard InChI is InChI=1S/C13H16BrNO2/c1-5-13(2,3)15-8-9-6-10(14)12(16)11(7-9)17-4/h1,6-7,15-16H,8H2,2-4H3. The molecule has 92 valence electrons. The fraction of sp³-hybridized carbons (Fsp3) is 0.385. The van der Waals surface area contributed by atoms with Gasteiger partial charge in [0, 0.05) is 6.54 Å². The van der Waals surface area contributed by atoms with Crippen molar-refractivity contribution >= 4 is 15.9 Å². The summed E-state index contributed by atoms with van der Waals surface area (Å²) in [5.74, 6) is 3.21. The molecule has 0 aromatic heterocycles.